The summed E-state index contributed by atoms with van der Waals surface area (Å²) in [6.07, 6.45) is 4.89. The number of ether oxygens (including phenoxy) is 1. The van der Waals surface area contributed by atoms with Crippen LogP contribution in [0.3, 0.4) is 0 Å². The molecule has 0 aromatic heterocycles. The summed E-state index contributed by atoms with van der Waals surface area (Å²) in [5.74, 6) is 1.76. The van der Waals surface area contributed by atoms with Gasteiger partial charge in [0.15, 0.2) is 0 Å². The number of hydrogen-bond donors (Lipinski definition) is 2. The van der Waals surface area contributed by atoms with Crippen molar-refractivity contribution in [3.05, 3.63) is 23.8 Å². The Balaban J connectivity index is 0.00000192. The van der Waals surface area contributed by atoms with E-state index < -0.39 is 0 Å². The normalized spacial score (nSPS) is 19.4. The fourth-order valence-electron chi connectivity index (χ4n) is 3.42. The molecule has 0 bridgehead atoms. The summed E-state index contributed by atoms with van der Waals surface area (Å²) in [7, 11) is 0. The Kier molecular flexibility index (Phi) is 5.93. The highest BCUT2D eigenvalue weighted by Gasteiger charge is 2.30. The lowest BCUT2D eigenvalue weighted by molar-refractivity contribution is -0.116. The minimum absolute atomic E-state index is 0. The molecule has 0 unspecified atom stereocenters. The number of fused-ring (bicyclic) bond motifs is 1. The predicted octanol–water partition coefficient (Wildman–Crippen LogP) is 3.54. The van der Waals surface area contributed by atoms with Gasteiger partial charge in [-0.25, -0.2) is 0 Å². The molecule has 5 heteroatoms. The van der Waals surface area contributed by atoms with Crippen molar-refractivity contribution in [2.75, 3.05) is 18.4 Å². The van der Waals surface area contributed by atoms with Gasteiger partial charge in [-0.3, -0.25) is 4.79 Å². The summed E-state index contributed by atoms with van der Waals surface area (Å²) in [5, 5.41) is 6.39. The third-order valence-electron chi connectivity index (χ3n) is 4.59. The van der Waals surface area contributed by atoms with E-state index >= 15 is 0 Å². The zero-order chi connectivity index (χ0) is 15.6. The molecule has 2 N–H and O–H groups in total. The lowest BCUT2D eigenvalue weighted by Gasteiger charge is -2.22. The second kappa shape index (κ2) is 7.54. The van der Waals surface area contributed by atoms with E-state index in [2.05, 4.69) is 24.5 Å². The van der Waals surface area contributed by atoms with E-state index in [4.69, 9.17) is 4.74 Å². The van der Waals surface area contributed by atoms with Gasteiger partial charge in [-0.2, -0.15) is 0 Å². The van der Waals surface area contributed by atoms with Gasteiger partial charge in [-0.15, -0.1) is 12.4 Å². The first-order chi connectivity index (χ1) is 10.5. The van der Waals surface area contributed by atoms with Gasteiger partial charge < -0.3 is 15.4 Å². The molecule has 1 fully saturated rings. The van der Waals surface area contributed by atoms with Crippen molar-refractivity contribution in [3.63, 3.8) is 0 Å². The van der Waals surface area contributed by atoms with Crippen molar-refractivity contribution >= 4 is 24.0 Å². The van der Waals surface area contributed by atoms with Crippen LogP contribution in [-0.2, 0) is 11.2 Å². The molecular weight excluding hydrogens is 312 g/mol. The quantitative estimate of drug-likeness (QED) is 0.882. The van der Waals surface area contributed by atoms with E-state index in [1.165, 1.54) is 18.4 Å². The summed E-state index contributed by atoms with van der Waals surface area (Å²) in [6, 6.07) is 5.95. The molecule has 1 amide bonds. The molecule has 23 heavy (non-hydrogen) atoms. The van der Waals surface area contributed by atoms with Crippen LogP contribution in [0.5, 0.6) is 5.75 Å². The van der Waals surface area contributed by atoms with Crippen molar-refractivity contribution in [1.29, 1.82) is 0 Å². The van der Waals surface area contributed by atoms with Gasteiger partial charge in [0.25, 0.3) is 0 Å². The molecule has 0 saturated carbocycles. The fraction of sp³-hybridized carbons (Fsp3) is 0.611. The van der Waals surface area contributed by atoms with E-state index in [9.17, 15) is 4.79 Å². The Morgan fingerprint density at radius 1 is 1.35 bits per heavy atom. The van der Waals surface area contributed by atoms with Crippen LogP contribution in [0, 0.1) is 5.92 Å². The lowest BCUT2D eigenvalue weighted by Crippen LogP contribution is -2.28. The molecule has 1 saturated heterocycles. The van der Waals surface area contributed by atoms with Crippen LogP contribution in [0.2, 0.25) is 0 Å². The summed E-state index contributed by atoms with van der Waals surface area (Å²) in [5.41, 5.74) is 1.93. The third kappa shape index (κ3) is 4.85. The van der Waals surface area contributed by atoms with E-state index in [1.54, 1.807) is 0 Å². The number of nitrogens with one attached hydrogen (secondary N) is 2. The second-order valence-electron chi connectivity index (χ2n) is 7.14. The van der Waals surface area contributed by atoms with Gasteiger partial charge in [-0.1, -0.05) is 0 Å². The van der Waals surface area contributed by atoms with Gasteiger partial charge in [0, 0.05) is 24.1 Å². The van der Waals surface area contributed by atoms with Gasteiger partial charge >= 0.3 is 0 Å². The van der Waals surface area contributed by atoms with Crippen LogP contribution >= 0.6 is 12.4 Å². The zero-order valence-corrected chi connectivity index (χ0v) is 14.8. The highest BCUT2D eigenvalue weighted by Crippen LogP contribution is 2.36. The Bertz CT molecular complexity index is 554. The smallest absolute Gasteiger partial charge is 0.224 e. The number of carbonyl (C=O) groups is 1. The van der Waals surface area contributed by atoms with Crippen molar-refractivity contribution in [1.82, 2.24) is 5.32 Å². The minimum Gasteiger partial charge on any atom is -0.487 e. The Morgan fingerprint density at radius 3 is 2.83 bits per heavy atom. The predicted molar refractivity (Wildman–Crippen MR) is 95.6 cm³/mol. The molecule has 3 rings (SSSR count). The van der Waals surface area contributed by atoms with E-state index in [-0.39, 0.29) is 23.9 Å². The molecule has 2 heterocycles. The lowest BCUT2D eigenvalue weighted by atomic mass is 9.93. The molecule has 4 nitrogen and oxygen atoms in total. The molecule has 0 radical (unpaired) electrons. The van der Waals surface area contributed by atoms with Gasteiger partial charge in [0.1, 0.15) is 11.4 Å². The zero-order valence-electron chi connectivity index (χ0n) is 14.0. The number of hydrogen-bond acceptors (Lipinski definition) is 3. The second-order valence-corrected chi connectivity index (χ2v) is 7.14. The number of halogens is 1. The summed E-state index contributed by atoms with van der Waals surface area (Å²) >= 11 is 0. The van der Waals surface area contributed by atoms with Crippen molar-refractivity contribution in [2.45, 2.75) is 51.6 Å². The highest BCUT2D eigenvalue weighted by atomic mass is 35.5. The topological polar surface area (TPSA) is 50.4 Å². The standard InChI is InChI=1S/C18H26N2O2.ClH/c1-18(2)12-14-11-15(4-5-16(14)22-18)20-17(21)6-3-13-7-9-19-10-8-13;/h4-5,11,13,19H,3,6-10,12H2,1-2H3,(H,20,21);1H. The van der Waals surface area contributed by atoms with Crippen LogP contribution in [0.4, 0.5) is 5.69 Å². The molecule has 0 aliphatic carbocycles. The largest absolute Gasteiger partial charge is 0.487 e. The van der Waals surface area contributed by atoms with Crippen molar-refractivity contribution < 1.29 is 9.53 Å². The monoisotopic (exact) mass is 338 g/mol. The average Bonchev–Trinajstić information content (AvgIpc) is 2.79. The fourth-order valence-corrected chi connectivity index (χ4v) is 3.42. The number of carbonyl (C=O) groups excluding carboxylic acids is 1. The maximum absolute atomic E-state index is 12.1. The highest BCUT2D eigenvalue weighted by molar-refractivity contribution is 5.90. The summed E-state index contributed by atoms with van der Waals surface area (Å²) in [4.78, 5) is 12.1. The van der Waals surface area contributed by atoms with Crippen LogP contribution in [0.15, 0.2) is 18.2 Å². The van der Waals surface area contributed by atoms with E-state index in [1.807, 2.05) is 18.2 Å². The van der Waals surface area contributed by atoms with Crippen molar-refractivity contribution in [2.24, 2.45) is 5.92 Å². The van der Waals surface area contributed by atoms with Crippen molar-refractivity contribution in [3.8, 4) is 5.75 Å². The van der Waals surface area contributed by atoms with Gasteiger partial charge in [0.2, 0.25) is 5.91 Å². The van der Waals surface area contributed by atoms with Gasteiger partial charge in [0.05, 0.1) is 0 Å². The summed E-state index contributed by atoms with van der Waals surface area (Å²) in [6.45, 7) is 6.36. The van der Waals surface area contributed by atoms with Crippen LogP contribution in [0.1, 0.15) is 45.1 Å². The Labute approximate surface area is 144 Å². The number of amides is 1. The molecule has 128 valence electrons. The van der Waals surface area contributed by atoms with Crippen LogP contribution < -0.4 is 15.4 Å². The SMILES string of the molecule is CC1(C)Cc2cc(NC(=O)CCC3CCNCC3)ccc2O1.Cl. The molecule has 2 aliphatic heterocycles. The van der Waals surface area contributed by atoms with Crippen LogP contribution in [-0.4, -0.2) is 24.6 Å². The first-order valence-electron chi connectivity index (χ1n) is 8.34. The maximum atomic E-state index is 12.1. The first-order valence-corrected chi connectivity index (χ1v) is 8.34. The van der Waals surface area contributed by atoms with Crippen LogP contribution in [0.25, 0.3) is 0 Å². The average molecular weight is 339 g/mol. The number of benzene rings is 1. The summed E-state index contributed by atoms with van der Waals surface area (Å²) < 4.78 is 5.86. The molecular formula is C18H27ClN2O2. The molecule has 2 aliphatic rings. The Morgan fingerprint density at radius 2 is 2.09 bits per heavy atom. The first kappa shape index (κ1) is 18.1. The van der Waals surface area contributed by atoms with E-state index in [0.717, 1.165) is 37.4 Å². The van der Waals surface area contributed by atoms with Gasteiger partial charge in [-0.05, 0) is 70.3 Å². The number of rotatable bonds is 4. The molecule has 0 atom stereocenters. The minimum atomic E-state index is -0.139. The number of piperidine rings is 1. The third-order valence-corrected chi connectivity index (χ3v) is 4.59. The number of anilines is 1. The molecule has 1 aromatic rings. The molecule has 1 aromatic carbocycles. The molecule has 0 spiro atoms. The Hall–Kier alpha value is -1.26. The maximum Gasteiger partial charge on any atom is 0.224 e. The van der Waals surface area contributed by atoms with E-state index in [0.29, 0.717) is 12.3 Å².